The topological polar surface area (TPSA) is 94.3 Å². The minimum Gasteiger partial charge on any atom is -0.288 e. The van der Waals surface area contributed by atoms with Gasteiger partial charge in [0.15, 0.2) is 9.84 Å². The van der Waals surface area contributed by atoms with Crippen molar-refractivity contribution >= 4 is 27.4 Å². The van der Waals surface area contributed by atoms with Crippen LogP contribution in [0.2, 0.25) is 0 Å². The zero-order valence-electron chi connectivity index (χ0n) is 15.3. The molecule has 0 aromatic heterocycles. The number of nitro groups is 1. The standard InChI is InChI=1S/C22H17NO5S/c24-22(18-11-5-2-6-12-18)21(15-19-13-7-8-14-20(19)23(25)26)29(27,28)16-17-9-3-1-4-10-17/h1-15H,16H2/b21-15+. The van der Waals surface area contributed by atoms with Gasteiger partial charge in [0, 0.05) is 11.6 Å². The maximum Gasteiger partial charge on any atom is 0.276 e. The van der Waals surface area contributed by atoms with Crippen LogP contribution in [0.1, 0.15) is 21.5 Å². The Kier molecular flexibility index (Phi) is 5.99. The van der Waals surface area contributed by atoms with Crippen molar-refractivity contribution in [2.45, 2.75) is 5.75 Å². The molecule has 3 rings (SSSR count). The van der Waals surface area contributed by atoms with E-state index in [0.717, 1.165) is 6.08 Å². The van der Waals surface area contributed by atoms with Crippen LogP contribution in [0.5, 0.6) is 0 Å². The molecule has 0 saturated carbocycles. The highest BCUT2D eigenvalue weighted by molar-refractivity contribution is 7.95. The zero-order valence-corrected chi connectivity index (χ0v) is 16.1. The molecule has 0 aliphatic rings. The molecule has 6 nitrogen and oxygen atoms in total. The van der Waals surface area contributed by atoms with Gasteiger partial charge in [0.1, 0.15) is 4.91 Å². The van der Waals surface area contributed by atoms with Crippen molar-refractivity contribution in [1.29, 1.82) is 0 Å². The molecule has 0 aliphatic carbocycles. The fraction of sp³-hybridized carbons (Fsp3) is 0.0455. The third-order valence-corrected chi connectivity index (χ3v) is 5.90. The van der Waals surface area contributed by atoms with Crippen LogP contribution in [-0.2, 0) is 15.6 Å². The minimum absolute atomic E-state index is 0.0495. The van der Waals surface area contributed by atoms with E-state index in [1.807, 2.05) is 0 Å². The molecule has 0 bridgehead atoms. The lowest BCUT2D eigenvalue weighted by Gasteiger charge is -2.10. The van der Waals surface area contributed by atoms with Crippen molar-refractivity contribution in [3.05, 3.63) is 117 Å². The molecule has 0 fully saturated rings. The van der Waals surface area contributed by atoms with Gasteiger partial charge in [0.2, 0.25) is 5.78 Å². The summed E-state index contributed by atoms with van der Waals surface area (Å²) in [5, 5.41) is 11.3. The fourth-order valence-corrected chi connectivity index (χ4v) is 4.31. The Morgan fingerprint density at radius 2 is 1.41 bits per heavy atom. The number of sulfone groups is 1. The van der Waals surface area contributed by atoms with E-state index in [9.17, 15) is 23.3 Å². The Morgan fingerprint density at radius 3 is 2.03 bits per heavy atom. The number of carbonyl (C=O) groups excluding carboxylic acids is 1. The number of para-hydroxylation sites is 1. The van der Waals surface area contributed by atoms with Crippen molar-refractivity contribution in [1.82, 2.24) is 0 Å². The Morgan fingerprint density at radius 1 is 0.862 bits per heavy atom. The molecule has 146 valence electrons. The second-order valence-electron chi connectivity index (χ2n) is 6.26. The highest BCUT2D eigenvalue weighted by Gasteiger charge is 2.27. The summed E-state index contributed by atoms with van der Waals surface area (Å²) in [5.41, 5.74) is 0.477. The summed E-state index contributed by atoms with van der Waals surface area (Å²) >= 11 is 0. The quantitative estimate of drug-likeness (QED) is 0.250. The van der Waals surface area contributed by atoms with Gasteiger partial charge in [-0.1, -0.05) is 72.8 Å². The maximum atomic E-state index is 13.1. The Bertz CT molecular complexity index is 1170. The van der Waals surface area contributed by atoms with E-state index in [0.29, 0.717) is 5.56 Å². The molecule has 0 aliphatic heterocycles. The molecule has 0 atom stereocenters. The fourth-order valence-electron chi connectivity index (χ4n) is 2.82. The Hall–Kier alpha value is -3.58. The van der Waals surface area contributed by atoms with E-state index in [4.69, 9.17) is 0 Å². The van der Waals surface area contributed by atoms with Crippen LogP contribution in [0.4, 0.5) is 5.69 Å². The number of rotatable bonds is 7. The molecule has 3 aromatic rings. The van der Waals surface area contributed by atoms with Crippen LogP contribution in [0, 0.1) is 10.1 Å². The SMILES string of the molecule is O=C(/C(=C\c1ccccc1[N+](=O)[O-])S(=O)(=O)Cc1ccccc1)c1ccccc1. The van der Waals surface area contributed by atoms with Gasteiger partial charge in [-0.2, -0.15) is 0 Å². The smallest absolute Gasteiger partial charge is 0.276 e. The highest BCUT2D eigenvalue weighted by Crippen LogP contribution is 2.26. The molecule has 7 heteroatoms. The van der Waals surface area contributed by atoms with E-state index in [2.05, 4.69) is 0 Å². The average Bonchev–Trinajstić information content (AvgIpc) is 2.72. The number of nitrogens with zero attached hydrogens (tertiary/aromatic N) is 1. The molecular formula is C22H17NO5S. The number of benzene rings is 3. The summed E-state index contributed by atoms with van der Waals surface area (Å²) in [7, 11) is -4.07. The zero-order chi connectivity index (χ0) is 20.9. The first-order valence-corrected chi connectivity index (χ1v) is 10.4. The molecule has 29 heavy (non-hydrogen) atoms. The van der Waals surface area contributed by atoms with E-state index in [1.54, 1.807) is 54.6 Å². The number of hydrogen-bond donors (Lipinski definition) is 0. The number of ketones is 1. The van der Waals surface area contributed by atoms with E-state index < -0.39 is 31.2 Å². The van der Waals surface area contributed by atoms with E-state index in [-0.39, 0.29) is 16.8 Å². The summed E-state index contributed by atoms with van der Waals surface area (Å²) < 4.78 is 26.3. The lowest BCUT2D eigenvalue weighted by atomic mass is 10.1. The molecule has 0 spiro atoms. The summed E-state index contributed by atoms with van der Waals surface area (Å²) in [5.74, 6) is -1.10. The van der Waals surface area contributed by atoms with Crippen molar-refractivity contribution in [2.24, 2.45) is 0 Å². The molecule has 3 aromatic carbocycles. The number of hydrogen-bond acceptors (Lipinski definition) is 5. The molecule has 0 N–H and O–H groups in total. The molecule has 0 unspecified atom stereocenters. The molecule has 0 radical (unpaired) electrons. The van der Waals surface area contributed by atoms with Crippen LogP contribution in [0.3, 0.4) is 0 Å². The first kappa shape index (κ1) is 20.2. The number of carbonyl (C=O) groups is 1. The van der Waals surface area contributed by atoms with Crippen LogP contribution in [0.25, 0.3) is 6.08 Å². The Labute approximate surface area is 168 Å². The highest BCUT2D eigenvalue weighted by atomic mass is 32.2. The average molecular weight is 407 g/mol. The lowest BCUT2D eigenvalue weighted by molar-refractivity contribution is -0.385. The predicted octanol–water partition coefficient (Wildman–Crippen LogP) is 4.43. The van der Waals surface area contributed by atoms with Gasteiger partial charge in [0.05, 0.1) is 16.2 Å². The van der Waals surface area contributed by atoms with E-state index in [1.165, 1.54) is 30.3 Å². The van der Waals surface area contributed by atoms with Crippen molar-refractivity contribution in [3.63, 3.8) is 0 Å². The van der Waals surface area contributed by atoms with Gasteiger partial charge in [-0.05, 0) is 17.7 Å². The molecule has 0 saturated heterocycles. The normalized spacial score (nSPS) is 11.8. The third-order valence-electron chi connectivity index (χ3n) is 4.21. The maximum absolute atomic E-state index is 13.1. The largest absolute Gasteiger partial charge is 0.288 e. The predicted molar refractivity (Wildman–Crippen MR) is 111 cm³/mol. The number of Topliss-reactive ketones (excluding diaryl/α,β-unsaturated/α-hetero) is 1. The third kappa shape index (κ3) is 4.83. The van der Waals surface area contributed by atoms with Crippen molar-refractivity contribution < 1.29 is 18.1 Å². The summed E-state index contributed by atoms with van der Waals surface area (Å²) in [4.78, 5) is 23.3. The van der Waals surface area contributed by atoms with Gasteiger partial charge < -0.3 is 0 Å². The number of nitro benzene ring substituents is 1. The Balaban J connectivity index is 2.15. The first-order chi connectivity index (χ1) is 13.9. The lowest BCUT2D eigenvalue weighted by Crippen LogP contribution is -2.16. The van der Waals surface area contributed by atoms with E-state index >= 15 is 0 Å². The first-order valence-electron chi connectivity index (χ1n) is 8.70. The molecular weight excluding hydrogens is 390 g/mol. The van der Waals surface area contributed by atoms with Gasteiger partial charge >= 0.3 is 0 Å². The molecule has 0 heterocycles. The van der Waals surface area contributed by atoms with Crippen molar-refractivity contribution in [3.8, 4) is 0 Å². The van der Waals surface area contributed by atoms with Crippen LogP contribution in [0.15, 0.2) is 89.8 Å². The second kappa shape index (κ2) is 8.62. The van der Waals surface area contributed by atoms with Crippen LogP contribution >= 0.6 is 0 Å². The number of allylic oxidation sites excluding steroid dienone is 1. The molecule has 0 amide bonds. The van der Waals surface area contributed by atoms with Crippen LogP contribution < -0.4 is 0 Å². The van der Waals surface area contributed by atoms with Gasteiger partial charge in [-0.15, -0.1) is 0 Å². The van der Waals surface area contributed by atoms with Gasteiger partial charge in [0.25, 0.3) is 5.69 Å². The summed E-state index contributed by atoms with van der Waals surface area (Å²) in [6.07, 6.45) is 1.09. The van der Waals surface area contributed by atoms with Gasteiger partial charge in [-0.25, -0.2) is 8.42 Å². The van der Waals surface area contributed by atoms with Crippen molar-refractivity contribution in [2.75, 3.05) is 0 Å². The summed E-state index contributed by atoms with van der Waals surface area (Å²) in [6.45, 7) is 0. The summed E-state index contributed by atoms with van der Waals surface area (Å²) in [6, 6.07) is 22.1. The monoisotopic (exact) mass is 407 g/mol. The van der Waals surface area contributed by atoms with Gasteiger partial charge in [-0.3, -0.25) is 14.9 Å². The van der Waals surface area contributed by atoms with Crippen LogP contribution in [-0.4, -0.2) is 19.1 Å². The minimum atomic E-state index is -4.07. The second-order valence-corrected chi connectivity index (χ2v) is 8.22.